The number of carbonyl (C=O) groups is 1. The van der Waals surface area contributed by atoms with Crippen LogP contribution in [-0.4, -0.2) is 25.5 Å². The molecule has 1 aromatic rings. The van der Waals surface area contributed by atoms with E-state index < -0.39 is 16.0 Å². The van der Waals surface area contributed by atoms with Gasteiger partial charge >= 0.3 is 5.97 Å². The van der Waals surface area contributed by atoms with Gasteiger partial charge < -0.3 is 5.11 Å². The standard InChI is InChI=1S/C13H19NO4S2/c1-9(10-5-3-2-4-6-10)14-20(17,18)11-7-8-19-12(11)13(15)16/h7-10,14H,2-6H2,1H3,(H,15,16)/t9-/m1/s1. The third-order valence-electron chi connectivity index (χ3n) is 3.81. The summed E-state index contributed by atoms with van der Waals surface area (Å²) < 4.78 is 27.2. The summed E-state index contributed by atoms with van der Waals surface area (Å²) in [4.78, 5) is 10.8. The van der Waals surface area contributed by atoms with Crippen LogP contribution in [0, 0.1) is 5.92 Å². The first kappa shape index (κ1) is 15.5. The van der Waals surface area contributed by atoms with Gasteiger partial charge in [0.1, 0.15) is 9.77 Å². The normalized spacial score (nSPS) is 18.9. The molecular formula is C13H19NO4S2. The molecule has 0 radical (unpaired) electrons. The van der Waals surface area contributed by atoms with Crippen molar-refractivity contribution in [2.45, 2.75) is 50.0 Å². The highest BCUT2D eigenvalue weighted by molar-refractivity contribution is 7.89. The summed E-state index contributed by atoms with van der Waals surface area (Å²) in [7, 11) is -3.76. The minimum atomic E-state index is -3.76. The second kappa shape index (κ2) is 6.24. The Balaban J connectivity index is 2.14. The number of sulfonamides is 1. The zero-order valence-electron chi connectivity index (χ0n) is 11.3. The van der Waals surface area contributed by atoms with Crippen LogP contribution in [-0.2, 0) is 10.0 Å². The van der Waals surface area contributed by atoms with Gasteiger partial charge in [0.2, 0.25) is 10.0 Å². The van der Waals surface area contributed by atoms with E-state index in [4.69, 9.17) is 5.11 Å². The zero-order valence-corrected chi connectivity index (χ0v) is 13.0. The Bertz CT molecular complexity index is 573. The summed E-state index contributed by atoms with van der Waals surface area (Å²) in [5, 5.41) is 10.5. The maximum absolute atomic E-state index is 12.3. The van der Waals surface area contributed by atoms with Crippen molar-refractivity contribution in [3.8, 4) is 0 Å². The SMILES string of the molecule is C[C@@H](NS(=O)(=O)c1ccsc1C(=O)O)C1CCCCC1. The highest BCUT2D eigenvalue weighted by atomic mass is 32.2. The lowest BCUT2D eigenvalue weighted by molar-refractivity contribution is 0.0698. The van der Waals surface area contributed by atoms with Gasteiger partial charge in [-0.05, 0) is 37.1 Å². The molecule has 0 unspecified atom stereocenters. The highest BCUT2D eigenvalue weighted by Crippen LogP contribution is 2.28. The van der Waals surface area contributed by atoms with Crippen LogP contribution in [0.15, 0.2) is 16.3 Å². The van der Waals surface area contributed by atoms with E-state index in [2.05, 4.69) is 4.72 Å². The Hall–Kier alpha value is -0.920. The fourth-order valence-corrected chi connectivity index (χ4v) is 5.28. The molecule has 5 nitrogen and oxygen atoms in total. The number of carboxylic acids is 1. The molecule has 1 aromatic heterocycles. The van der Waals surface area contributed by atoms with Crippen LogP contribution in [0.1, 0.15) is 48.7 Å². The molecule has 0 bridgehead atoms. The first-order valence-corrected chi connectivity index (χ1v) is 9.11. The summed E-state index contributed by atoms with van der Waals surface area (Å²) in [5.74, 6) is -0.865. The van der Waals surface area contributed by atoms with E-state index in [9.17, 15) is 13.2 Å². The second-order valence-electron chi connectivity index (χ2n) is 5.23. The first-order valence-electron chi connectivity index (χ1n) is 6.75. The Labute approximate surface area is 123 Å². The Morgan fingerprint density at radius 1 is 1.40 bits per heavy atom. The van der Waals surface area contributed by atoms with Crippen LogP contribution in [0.2, 0.25) is 0 Å². The molecule has 20 heavy (non-hydrogen) atoms. The van der Waals surface area contributed by atoms with E-state index in [0.717, 1.165) is 37.0 Å². The number of nitrogens with one attached hydrogen (secondary N) is 1. The van der Waals surface area contributed by atoms with Crippen molar-refractivity contribution in [1.82, 2.24) is 4.72 Å². The largest absolute Gasteiger partial charge is 0.477 e. The van der Waals surface area contributed by atoms with Gasteiger partial charge in [-0.1, -0.05) is 19.3 Å². The fourth-order valence-electron chi connectivity index (χ4n) is 2.70. The minimum absolute atomic E-state index is 0.127. The number of carboxylic acid groups (broad SMARTS) is 1. The van der Waals surface area contributed by atoms with E-state index in [0.29, 0.717) is 5.92 Å². The Kier molecular flexibility index (Phi) is 4.82. The average molecular weight is 317 g/mol. The molecule has 112 valence electrons. The molecule has 1 fully saturated rings. The highest BCUT2D eigenvalue weighted by Gasteiger charge is 2.28. The lowest BCUT2D eigenvalue weighted by Crippen LogP contribution is -2.39. The minimum Gasteiger partial charge on any atom is -0.477 e. The van der Waals surface area contributed by atoms with Gasteiger partial charge in [-0.3, -0.25) is 0 Å². The number of aromatic carboxylic acids is 1. The molecule has 1 aliphatic rings. The topological polar surface area (TPSA) is 83.5 Å². The maximum Gasteiger partial charge on any atom is 0.347 e. The molecule has 0 aromatic carbocycles. The number of thiophene rings is 1. The van der Waals surface area contributed by atoms with Gasteiger partial charge in [-0.25, -0.2) is 17.9 Å². The van der Waals surface area contributed by atoms with Gasteiger partial charge in [0.05, 0.1) is 0 Å². The second-order valence-corrected chi connectivity index (χ2v) is 7.83. The van der Waals surface area contributed by atoms with Crippen molar-refractivity contribution >= 4 is 27.3 Å². The fraction of sp³-hybridized carbons (Fsp3) is 0.615. The van der Waals surface area contributed by atoms with Crippen LogP contribution in [0.5, 0.6) is 0 Å². The van der Waals surface area contributed by atoms with Crippen LogP contribution >= 0.6 is 11.3 Å². The summed E-state index contributed by atoms with van der Waals surface area (Å²) in [5.41, 5.74) is 0. The monoisotopic (exact) mass is 317 g/mol. The smallest absolute Gasteiger partial charge is 0.347 e. The average Bonchev–Trinajstić information content (AvgIpc) is 2.89. The van der Waals surface area contributed by atoms with Crippen LogP contribution in [0.25, 0.3) is 0 Å². The third kappa shape index (κ3) is 3.39. The molecule has 2 rings (SSSR count). The van der Waals surface area contributed by atoms with Gasteiger partial charge in [0.15, 0.2) is 0 Å². The van der Waals surface area contributed by atoms with Crippen molar-refractivity contribution in [2.75, 3.05) is 0 Å². The zero-order chi connectivity index (χ0) is 14.8. The molecule has 1 saturated carbocycles. The maximum atomic E-state index is 12.3. The molecule has 0 aliphatic heterocycles. The van der Waals surface area contributed by atoms with E-state index in [1.165, 1.54) is 17.9 Å². The van der Waals surface area contributed by atoms with Gasteiger partial charge in [0.25, 0.3) is 0 Å². The Morgan fingerprint density at radius 3 is 2.65 bits per heavy atom. The van der Waals surface area contributed by atoms with Crippen LogP contribution < -0.4 is 4.72 Å². The van der Waals surface area contributed by atoms with Crippen LogP contribution in [0.3, 0.4) is 0 Å². The molecule has 1 heterocycles. The van der Waals surface area contributed by atoms with Crippen molar-refractivity contribution < 1.29 is 18.3 Å². The molecule has 1 aliphatic carbocycles. The summed E-state index contributed by atoms with van der Waals surface area (Å²) in [6.45, 7) is 1.86. The van der Waals surface area contributed by atoms with E-state index in [1.807, 2.05) is 6.92 Å². The molecule has 1 atom stereocenters. The van der Waals surface area contributed by atoms with Crippen molar-refractivity contribution in [1.29, 1.82) is 0 Å². The molecule has 0 saturated heterocycles. The predicted octanol–water partition coefficient (Wildman–Crippen LogP) is 2.69. The van der Waals surface area contributed by atoms with Gasteiger partial charge in [0, 0.05) is 6.04 Å². The first-order chi connectivity index (χ1) is 9.42. The third-order valence-corrected chi connectivity index (χ3v) is 6.44. The van der Waals surface area contributed by atoms with E-state index >= 15 is 0 Å². The Morgan fingerprint density at radius 2 is 2.05 bits per heavy atom. The van der Waals surface area contributed by atoms with E-state index in [1.54, 1.807) is 0 Å². The molecule has 2 N–H and O–H groups in total. The van der Waals surface area contributed by atoms with Gasteiger partial charge in [-0.2, -0.15) is 0 Å². The summed E-state index contributed by atoms with van der Waals surface area (Å²) in [6, 6.07) is 1.19. The molecule has 0 amide bonds. The van der Waals surface area contributed by atoms with Crippen LogP contribution in [0.4, 0.5) is 0 Å². The summed E-state index contributed by atoms with van der Waals surface area (Å²) >= 11 is 0.928. The summed E-state index contributed by atoms with van der Waals surface area (Å²) in [6.07, 6.45) is 5.53. The van der Waals surface area contributed by atoms with Crippen molar-refractivity contribution in [3.05, 3.63) is 16.3 Å². The van der Waals surface area contributed by atoms with E-state index in [-0.39, 0.29) is 15.8 Å². The number of hydrogen-bond acceptors (Lipinski definition) is 4. The molecular weight excluding hydrogens is 298 g/mol. The van der Waals surface area contributed by atoms with Crippen molar-refractivity contribution in [3.63, 3.8) is 0 Å². The predicted molar refractivity (Wildman–Crippen MR) is 77.6 cm³/mol. The number of rotatable bonds is 5. The molecule has 0 spiro atoms. The number of hydrogen-bond donors (Lipinski definition) is 2. The quantitative estimate of drug-likeness (QED) is 0.874. The van der Waals surface area contributed by atoms with Gasteiger partial charge in [-0.15, -0.1) is 11.3 Å². The molecule has 7 heteroatoms. The lowest BCUT2D eigenvalue weighted by Gasteiger charge is -2.28. The lowest BCUT2D eigenvalue weighted by atomic mass is 9.85. The van der Waals surface area contributed by atoms with Crippen molar-refractivity contribution in [2.24, 2.45) is 5.92 Å².